The molecule has 3 heteroatoms. The Bertz CT molecular complexity index is 3070. The van der Waals surface area contributed by atoms with Gasteiger partial charge in [-0.25, -0.2) is 15.0 Å². The van der Waals surface area contributed by atoms with E-state index >= 15 is 0 Å². The van der Waals surface area contributed by atoms with Crippen molar-refractivity contribution >= 4 is 21.5 Å². The third-order valence-corrected chi connectivity index (χ3v) is 11.6. The molecule has 0 bridgehead atoms. The van der Waals surface area contributed by atoms with Gasteiger partial charge in [0.1, 0.15) is 0 Å². The topological polar surface area (TPSA) is 38.7 Å². The maximum atomic E-state index is 5.33. The van der Waals surface area contributed by atoms with Crippen LogP contribution in [0.25, 0.3) is 78.0 Å². The zero-order valence-corrected chi connectivity index (χ0v) is 31.0. The molecule has 10 aromatic rings. The SMILES string of the molecule is c1ccc(-c2nc(-c3ccc4cc(-c5cccc6ccccc56)ccc4c3)nc(-c3cccc4c3-c3ccccc3C4(c3ccccc3)c3ccccc3)n2)cc1. The Balaban J connectivity index is 1.11. The van der Waals surface area contributed by atoms with Crippen LogP contribution in [0.1, 0.15) is 22.3 Å². The van der Waals surface area contributed by atoms with Crippen LogP contribution in [0.3, 0.4) is 0 Å². The van der Waals surface area contributed by atoms with Crippen LogP contribution in [-0.4, -0.2) is 15.0 Å². The summed E-state index contributed by atoms with van der Waals surface area (Å²) in [6, 6.07) is 75.8. The van der Waals surface area contributed by atoms with Crippen molar-refractivity contribution in [3.63, 3.8) is 0 Å². The largest absolute Gasteiger partial charge is 0.208 e. The molecule has 1 aliphatic rings. The third kappa shape index (κ3) is 5.32. The number of benzene rings is 9. The van der Waals surface area contributed by atoms with Gasteiger partial charge < -0.3 is 0 Å². The van der Waals surface area contributed by atoms with Crippen LogP contribution in [0.5, 0.6) is 0 Å². The second kappa shape index (κ2) is 13.4. The molecule has 0 fully saturated rings. The molecule has 0 aliphatic heterocycles. The first-order chi connectivity index (χ1) is 28.3. The van der Waals surface area contributed by atoms with E-state index in [-0.39, 0.29) is 0 Å². The van der Waals surface area contributed by atoms with Gasteiger partial charge in [-0.2, -0.15) is 0 Å². The minimum Gasteiger partial charge on any atom is -0.208 e. The first kappa shape index (κ1) is 32.9. The quantitative estimate of drug-likeness (QED) is 0.171. The summed E-state index contributed by atoms with van der Waals surface area (Å²) in [5, 5.41) is 4.78. The van der Waals surface area contributed by atoms with Gasteiger partial charge in [-0.3, -0.25) is 0 Å². The number of fused-ring (bicyclic) bond motifs is 5. The van der Waals surface area contributed by atoms with Gasteiger partial charge in [-0.05, 0) is 78.2 Å². The molecule has 0 atom stereocenters. The highest BCUT2D eigenvalue weighted by molar-refractivity contribution is 6.00. The molecule has 1 aromatic heterocycles. The van der Waals surface area contributed by atoms with Crippen LogP contribution < -0.4 is 0 Å². The Morgan fingerprint density at radius 3 is 1.56 bits per heavy atom. The van der Waals surface area contributed by atoms with Crippen LogP contribution >= 0.6 is 0 Å². The molecule has 266 valence electrons. The second-order valence-corrected chi connectivity index (χ2v) is 14.7. The number of rotatable bonds is 6. The zero-order chi connectivity index (χ0) is 37.8. The summed E-state index contributed by atoms with van der Waals surface area (Å²) >= 11 is 0. The highest BCUT2D eigenvalue weighted by Crippen LogP contribution is 2.58. The molecule has 0 saturated carbocycles. The fraction of sp³-hybridized carbons (Fsp3) is 0.0185. The van der Waals surface area contributed by atoms with Crippen LogP contribution in [0.15, 0.2) is 212 Å². The number of hydrogen-bond donors (Lipinski definition) is 0. The lowest BCUT2D eigenvalue weighted by Gasteiger charge is -2.33. The number of hydrogen-bond acceptors (Lipinski definition) is 3. The van der Waals surface area contributed by atoms with E-state index in [0.717, 1.165) is 33.0 Å². The highest BCUT2D eigenvalue weighted by atomic mass is 15.0. The van der Waals surface area contributed by atoms with Crippen molar-refractivity contribution in [2.75, 3.05) is 0 Å². The average molecular weight is 726 g/mol. The van der Waals surface area contributed by atoms with E-state index in [1.54, 1.807) is 0 Å². The summed E-state index contributed by atoms with van der Waals surface area (Å²) in [6.45, 7) is 0. The molecule has 0 radical (unpaired) electrons. The van der Waals surface area contributed by atoms with Crippen molar-refractivity contribution < 1.29 is 0 Å². The molecule has 0 amide bonds. The summed E-state index contributed by atoms with van der Waals surface area (Å²) in [5.74, 6) is 1.93. The Hall–Kier alpha value is -7.49. The van der Waals surface area contributed by atoms with E-state index in [4.69, 9.17) is 15.0 Å². The van der Waals surface area contributed by atoms with Gasteiger partial charge in [0.2, 0.25) is 0 Å². The fourth-order valence-corrected chi connectivity index (χ4v) is 9.05. The zero-order valence-electron chi connectivity index (χ0n) is 31.0. The Labute approximate surface area is 331 Å². The molecule has 0 spiro atoms. The number of aromatic nitrogens is 3. The van der Waals surface area contributed by atoms with Crippen molar-refractivity contribution in [3.05, 3.63) is 235 Å². The minimum absolute atomic E-state index is 0.522. The smallest absolute Gasteiger partial charge is 0.164 e. The van der Waals surface area contributed by atoms with Crippen LogP contribution in [-0.2, 0) is 5.41 Å². The molecule has 1 heterocycles. The van der Waals surface area contributed by atoms with Gasteiger partial charge >= 0.3 is 0 Å². The molecular formula is C54H35N3. The monoisotopic (exact) mass is 725 g/mol. The first-order valence-electron chi connectivity index (χ1n) is 19.4. The highest BCUT2D eigenvalue weighted by Gasteiger charge is 2.47. The van der Waals surface area contributed by atoms with Crippen LogP contribution in [0.4, 0.5) is 0 Å². The summed E-state index contributed by atoms with van der Waals surface area (Å²) in [7, 11) is 0. The van der Waals surface area contributed by atoms with Gasteiger partial charge in [0.25, 0.3) is 0 Å². The van der Waals surface area contributed by atoms with Crippen molar-refractivity contribution in [2.45, 2.75) is 5.41 Å². The van der Waals surface area contributed by atoms with E-state index in [0.29, 0.717) is 17.5 Å². The van der Waals surface area contributed by atoms with E-state index in [1.807, 2.05) is 18.2 Å². The lowest BCUT2D eigenvalue weighted by Crippen LogP contribution is -2.28. The molecular weight excluding hydrogens is 691 g/mol. The van der Waals surface area contributed by atoms with Crippen molar-refractivity contribution in [1.29, 1.82) is 0 Å². The standard InChI is InChI=1S/C54H35N3/c1-4-17-37(18-5-1)51-55-52(41-33-31-38-34-40(32-30-39(38)35-41)45-26-14-19-36-16-10-11-24-44(36)45)57-53(56-51)47-27-15-29-49-50(47)46-25-12-13-28-48(46)54(49,42-20-6-2-7-21-42)43-22-8-3-9-23-43/h1-35H. The summed E-state index contributed by atoms with van der Waals surface area (Å²) < 4.78 is 0. The Kier molecular flexibility index (Phi) is 7.71. The molecule has 0 unspecified atom stereocenters. The second-order valence-electron chi connectivity index (χ2n) is 14.7. The summed E-state index contributed by atoms with van der Waals surface area (Å²) in [5.41, 5.74) is 12.0. The molecule has 3 nitrogen and oxygen atoms in total. The Morgan fingerprint density at radius 2 is 0.807 bits per heavy atom. The normalized spacial score (nSPS) is 12.7. The lowest BCUT2D eigenvalue weighted by atomic mass is 9.67. The fourth-order valence-electron chi connectivity index (χ4n) is 9.05. The number of nitrogens with zero attached hydrogens (tertiary/aromatic N) is 3. The molecule has 11 rings (SSSR count). The Morgan fingerprint density at radius 1 is 0.298 bits per heavy atom. The maximum Gasteiger partial charge on any atom is 0.164 e. The van der Waals surface area contributed by atoms with Gasteiger partial charge in [0.15, 0.2) is 17.5 Å². The summed E-state index contributed by atoms with van der Waals surface area (Å²) in [6.07, 6.45) is 0. The van der Waals surface area contributed by atoms with Gasteiger partial charge in [0, 0.05) is 16.7 Å². The van der Waals surface area contributed by atoms with Crippen molar-refractivity contribution in [1.82, 2.24) is 15.0 Å². The van der Waals surface area contributed by atoms with Gasteiger partial charge in [-0.1, -0.05) is 200 Å². The van der Waals surface area contributed by atoms with E-state index in [1.165, 1.54) is 49.7 Å². The summed E-state index contributed by atoms with van der Waals surface area (Å²) in [4.78, 5) is 15.7. The van der Waals surface area contributed by atoms with Crippen LogP contribution in [0, 0.1) is 0 Å². The van der Waals surface area contributed by atoms with E-state index in [9.17, 15) is 0 Å². The average Bonchev–Trinajstić information content (AvgIpc) is 3.60. The minimum atomic E-state index is -0.522. The first-order valence-corrected chi connectivity index (χ1v) is 19.4. The van der Waals surface area contributed by atoms with Gasteiger partial charge in [0.05, 0.1) is 5.41 Å². The van der Waals surface area contributed by atoms with Crippen molar-refractivity contribution in [2.24, 2.45) is 0 Å². The molecule has 57 heavy (non-hydrogen) atoms. The molecule has 0 saturated heterocycles. The molecule has 1 aliphatic carbocycles. The van der Waals surface area contributed by atoms with Crippen molar-refractivity contribution in [3.8, 4) is 56.4 Å². The predicted octanol–water partition coefficient (Wildman–Crippen LogP) is 13.2. The van der Waals surface area contributed by atoms with E-state index < -0.39 is 5.41 Å². The maximum absolute atomic E-state index is 5.33. The van der Waals surface area contributed by atoms with E-state index in [2.05, 4.69) is 194 Å². The molecule has 0 N–H and O–H groups in total. The lowest BCUT2D eigenvalue weighted by molar-refractivity contribution is 0.768. The predicted molar refractivity (Wildman–Crippen MR) is 234 cm³/mol. The van der Waals surface area contributed by atoms with Crippen LogP contribution in [0.2, 0.25) is 0 Å². The molecule has 9 aromatic carbocycles. The third-order valence-electron chi connectivity index (χ3n) is 11.6. The van der Waals surface area contributed by atoms with Gasteiger partial charge in [-0.15, -0.1) is 0 Å².